The third-order valence-corrected chi connectivity index (χ3v) is 4.33. The van der Waals surface area contributed by atoms with Crippen LogP contribution in [0.15, 0.2) is 5.16 Å². The number of hydrogen-bond donors (Lipinski definition) is 2. The predicted molar refractivity (Wildman–Crippen MR) is 79.6 cm³/mol. The maximum absolute atomic E-state index is 8.76. The smallest absolute Gasteiger partial charge is 0.144 e. The van der Waals surface area contributed by atoms with Gasteiger partial charge in [-0.05, 0) is 32.9 Å². The average molecular weight is 270 g/mol. The molecule has 1 aliphatic heterocycles. The maximum atomic E-state index is 8.76. The molecule has 0 bridgehead atoms. The molecular weight excluding hydrogens is 240 g/mol. The molecule has 0 amide bonds. The van der Waals surface area contributed by atoms with E-state index in [2.05, 4.69) is 28.8 Å². The first kappa shape index (κ1) is 16.2. The molecule has 19 heavy (non-hydrogen) atoms. The van der Waals surface area contributed by atoms with Crippen LogP contribution in [0.3, 0.4) is 0 Å². The van der Waals surface area contributed by atoms with Crippen molar-refractivity contribution in [1.29, 1.82) is 0 Å². The van der Waals surface area contributed by atoms with Crippen LogP contribution in [-0.2, 0) is 0 Å². The average Bonchev–Trinajstić information content (AvgIpc) is 2.37. The highest BCUT2D eigenvalue weighted by Gasteiger charge is 2.25. The number of rotatable bonds is 6. The van der Waals surface area contributed by atoms with Gasteiger partial charge in [0, 0.05) is 31.1 Å². The van der Waals surface area contributed by atoms with Gasteiger partial charge in [0.05, 0.1) is 0 Å². The van der Waals surface area contributed by atoms with Gasteiger partial charge < -0.3 is 15.8 Å². The Hall–Kier alpha value is -0.810. The Morgan fingerprint density at radius 2 is 2.11 bits per heavy atom. The van der Waals surface area contributed by atoms with Crippen LogP contribution in [-0.4, -0.2) is 59.6 Å². The molecule has 0 aromatic rings. The lowest BCUT2D eigenvalue weighted by Gasteiger charge is -2.39. The molecule has 1 heterocycles. The largest absolute Gasteiger partial charge is 0.409 e. The summed E-state index contributed by atoms with van der Waals surface area (Å²) in [6.07, 6.45) is 2.04. The Morgan fingerprint density at radius 1 is 1.42 bits per heavy atom. The lowest BCUT2D eigenvalue weighted by Crippen LogP contribution is -2.51. The fourth-order valence-corrected chi connectivity index (χ4v) is 2.75. The summed E-state index contributed by atoms with van der Waals surface area (Å²) in [6, 6.07) is 0.649. The van der Waals surface area contributed by atoms with Gasteiger partial charge in [0.15, 0.2) is 0 Å². The molecule has 0 radical (unpaired) electrons. The molecule has 0 aromatic carbocycles. The number of oxime groups is 1. The summed E-state index contributed by atoms with van der Waals surface area (Å²) in [4.78, 5) is 5.05. The molecule has 0 aromatic heterocycles. The fourth-order valence-electron chi connectivity index (χ4n) is 2.75. The van der Waals surface area contributed by atoms with E-state index < -0.39 is 0 Å². The molecule has 1 saturated heterocycles. The summed E-state index contributed by atoms with van der Waals surface area (Å²) >= 11 is 0. The molecule has 1 unspecified atom stereocenters. The Morgan fingerprint density at radius 3 is 2.63 bits per heavy atom. The summed E-state index contributed by atoms with van der Waals surface area (Å²) < 4.78 is 0. The van der Waals surface area contributed by atoms with E-state index >= 15 is 0 Å². The molecule has 1 aliphatic rings. The fraction of sp³-hybridized carbons (Fsp3) is 0.929. The number of likely N-dealkylation sites (N-methyl/N-ethyl adjacent to an activating group) is 1. The molecule has 0 spiro atoms. The minimum Gasteiger partial charge on any atom is -0.409 e. The Balaban J connectivity index is 2.31. The number of amidine groups is 1. The van der Waals surface area contributed by atoms with E-state index in [0.717, 1.165) is 39.0 Å². The zero-order valence-electron chi connectivity index (χ0n) is 12.9. The number of nitrogens with two attached hydrogens (primary N) is 1. The maximum Gasteiger partial charge on any atom is 0.144 e. The first-order chi connectivity index (χ1) is 8.90. The van der Waals surface area contributed by atoms with Gasteiger partial charge in [0.2, 0.25) is 0 Å². The second kappa shape index (κ2) is 7.10. The van der Waals surface area contributed by atoms with Crippen molar-refractivity contribution >= 4 is 5.84 Å². The number of hydrogen-bond acceptors (Lipinski definition) is 4. The minimum absolute atomic E-state index is 0.217. The number of nitrogens with zero attached hydrogens (tertiary/aromatic N) is 3. The molecule has 5 nitrogen and oxygen atoms in total. The van der Waals surface area contributed by atoms with E-state index in [1.54, 1.807) is 0 Å². The van der Waals surface area contributed by atoms with Crippen molar-refractivity contribution in [3.8, 4) is 0 Å². The van der Waals surface area contributed by atoms with E-state index in [4.69, 9.17) is 10.9 Å². The van der Waals surface area contributed by atoms with Crippen LogP contribution in [0.5, 0.6) is 0 Å². The molecule has 0 saturated carbocycles. The SMILES string of the molecule is CCN1CCN(CCCC(C)(C)C(N)=NO)CC1C. The third-order valence-electron chi connectivity index (χ3n) is 4.33. The van der Waals surface area contributed by atoms with Crippen LogP contribution in [0.1, 0.15) is 40.5 Å². The van der Waals surface area contributed by atoms with Crippen molar-refractivity contribution in [2.45, 2.75) is 46.6 Å². The predicted octanol–water partition coefficient (Wildman–Crippen LogP) is 1.57. The summed E-state index contributed by atoms with van der Waals surface area (Å²) in [5.74, 6) is 0.330. The van der Waals surface area contributed by atoms with Crippen LogP contribution in [0.25, 0.3) is 0 Å². The van der Waals surface area contributed by atoms with Crippen molar-refractivity contribution in [1.82, 2.24) is 9.80 Å². The standard InChI is InChI=1S/C14H30N4O/c1-5-18-10-9-17(11-12(18)2)8-6-7-14(3,4)13(15)16-19/h12,19H,5-11H2,1-4H3,(H2,15,16). The lowest BCUT2D eigenvalue weighted by molar-refractivity contribution is 0.0857. The van der Waals surface area contributed by atoms with Gasteiger partial charge in [-0.3, -0.25) is 4.90 Å². The van der Waals surface area contributed by atoms with Crippen molar-refractivity contribution in [3.05, 3.63) is 0 Å². The molecule has 1 rings (SSSR count). The van der Waals surface area contributed by atoms with Gasteiger partial charge in [-0.2, -0.15) is 0 Å². The van der Waals surface area contributed by atoms with Gasteiger partial charge in [-0.1, -0.05) is 25.9 Å². The molecule has 0 aliphatic carbocycles. The molecule has 3 N–H and O–H groups in total. The van der Waals surface area contributed by atoms with Crippen molar-refractivity contribution in [2.75, 3.05) is 32.7 Å². The van der Waals surface area contributed by atoms with Crippen LogP contribution in [0.4, 0.5) is 0 Å². The second-order valence-electron chi connectivity index (χ2n) is 6.25. The van der Waals surface area contributed by atoms with Crippen molar-refractivity contribution in [2.24, 2.45) is 16.3 Å². The van der Waals surface area contributed by atoms with Crippen molar-refractivity contribution in [3.63, 3.8) is 0 Å². The highest BCUT2D eigenvalue weighted by atomic mass is 16.4. The highest BCUT2D eigenvalue weighted by molar-refractivity contribution is 5.85. The van der Waals surface area contributed by atoms with Gasteiger partial charge >= 0.3 is 0 Å². The summed E-state index contributed by atoms with van der Waals surface area (Å²) in [6.45, 7) is 14.3. The Kier molecular flexibility index (Phi) is 6.07. The number of piperazine rings is 1. The van der Waals surface area contributed by atoms with Gasteiger partial charge in [0.1, 0.15) is 5.84 Å². The van der Waals surface area contributed by atoms with Crippen LogP contribution < -0.4 is 5.73 Å². The zero-order chi connectivity index (χ0) is 14.5. The van der Waals surface area contributed by atoms with E-state index in [9.17, 15) is 0 Å². The first-order valence-electron chi connectivity index (χ1n) is 7.35. The lowest BCUT2D eigenvalue weighted by atomic mass is 9.86. The molecule has 112 valence electrons. The third kappa shape index (κ3) is 4.66. The van der Waals surface area contributed by atoms with Gasteiger partial charge in [0.25, 0.3) is 0 Å². The minimum atomic E-state index is -0.217. The summed E-state index contributed by atoms with van der Waals surface area (Å²) in [5, 5.41) is 11.9. The van der Waals surface area contributed by atoms with E-state index in [1.165, 1.54) is 6.54 Å². The molecule has 1 fully saturated rings. The van der Waals surface area contributed by atoms with Gasteiger partial charge in [-0.15, -0.1) is 0 Å². The molecular formula is C14H30N4O. The zero-order valence-corrected chi connectivity index (χ0v) is 12.9. The topological polar surface area (TPSA) is 65.1 Å². The van der Waals surface area contributed by atoms with Crippen molar-refractivity contribution < 1.29 is 5.21 Å². The van der Waals surface area contributed by atoms with Crippen LogP contribution in [0, 0.1) is 5.41 Å². The van der Waals surface area contributed by atoms with E-state index in [-0.39, 0.29) is 5.41 Å². The Labute approximate surface area is 117 Å². The summed E-state index contributed by atoms with van der Waals surface area (Å²) in [5.41, 5.74) is 5.49. The summed E-state index contributed by atoms with van der Waals surface area (Å²) in [7, 11) is 0. The van der Waals surface area contributed by atoms with E-state index in [1.807, 2.05) is 13.8 Å². The van der Waals surface area contributed by atoms with Crippen LogP contribution >= 0.6 is 0 Å². The quantitative estimate of drug-likeness (QED) is 0.333. The molecule has 1 atom stereocenters. The molecule has 5 heteroatoms. The second-order valence-corrected chi connectivity index (χ2v) is 6.25. The van der Waals surface area contributed by atoms with Gasteiger partial charge in [-0.25, -0.2) is 0 Å². The highest BCUT2D eigenvalue weighted by Crippen LogP contribution is 2.23. The monoisotopic (exact) mass is 270 g/mol. The van der Waals surface area contributed by atoms with E-state index in [0.29, 0.717) is 11.9 Å². The van der Waals surface area contributed by atoms with Crippen LogP contribution in [0.2, 0.25) is 0 Å². The first-order valence-corrected chi connectivity index (χ1v) is 7.35. The Bertz CT molecular complexity index is 304. The normalized spacial score (nSPS) is 23.8.